The van der Waals surface area contributed by atoms with Gasteiger partial charge in [0.15, 0.2) is 0 Å². The van der Waals surface area contributed by atoms with Crippen molar-refractivity contribution in [1.82, 2.24) is 9.97 Å². The van der Waals surface area contributed by atoms with Crippen LogP contribution < -0.4 is 10.1 Å². The van der Waals surface area contributed by atoms with E-state index in [1.54, 1.807) is 0 Å². The largest absolute Gasteiger partial charge is 0.492 e. The number of hydrogen-bond donors (Lipinski definition) is 2. The Kier molecular flexibility index (Phi) is 5.79. The number of H-pyrrole nitrogens is 1. The fraction of sp³-hybridized carbons (Fsp3) is 0.579. The molecular formula is C19H27N3O3. The fourth-order valence-electron chi connectivity index (χ4n) is 3.34. The third kappa shape index (κ3) is 4.24. The maximum absolute atomic E-state index is 11.9. The Morgan fingerprint density at radius 2 is 2.08 bits per heavy atom. The first kappa shape index (κ1) is 17.6. The number of carbonyl (C=O) groups is 1. The number of imidazole rings is 1. The molecule has 0 aliphatic heterocycles. The summed E-state index contributed by atoms with van der Waals surface area (Å²) in [5.41, 5.74) is 2.39. The number of fused-ring (bicyclic) bond motifs is 1. The van der Waals surface area contributed by atoms with Gasteiger partial charge in [0.1, 0.15) is 11.6 Å². The van der Waals surface area contributed by atoms with Gasteiger partial charge in [-0.25, -0.2) is 9.78 Å². The van der Waals surface area contributed by atoms with E-state index in [1.807, 2.05) is 26.0 Å². The van der Waals surface area contributed by atoms with Gasteiger partial charge >= 0.3 is 6.09 Å². The van der Waals surface area contributed by atoms with Crippen molar-refractivity contribution in [2.24, 2.45) is 0 Å². The van der Waals surface area contributed by atoms with Crippen molar-refractivity contribution in [2.75, 3.05) is 18.5 Å². The average Bonchev–Trinajstić information content (AvgIpc) is 3.04. The molecule has 0 spiro atoms. The summed E-state index contributed by atoms with van der Waals surface area (Å²) in [5.74, 6) is 2.16. The molecule has 0 unspecified atom stereocenters. The van der Waals surface area contributed by atoms with E-state index < -0.39 is 6.09 Å². The number of anilines is 1. The van der Waals surface area contributed by atoms with E-state index in [0.717, 1.165) is 23.3 Å². The van der Waals surface area contributed by atoms with Crippen molar-refractivity contribution in [3.63, 3.8) is 0 Å². The number of carbonyl (C=O) groups excluding carboxylic acids is 1. The van der Waals surface area contributed by atoms with Gasteiger partial charge in [-0.1, -0.05) is 26.2 Å². The van der Waals surface area contributed by atoms with Crippen LogP contribution >= 0.6 is 0 Å². The minimum absolute atomic E-state index is 0.397. The lowest BCUT2D eigenvalue weighted by Gasteiger charge is -2.18. The summed E-state index contributed by atoms with van der Waals surface area (Å²) in [7, 11) is 0. The number of benzene rings is 1. The molecule has 0 bridgehead atoms. The van der Waals surface area contributed by atoms with Crippen LogP contribution in [0, 0.1) is 0 Å². The van der Waals surface area contributed by atoms with Crippen LogP contribution in [0.1, 0.15) is 64.1 Å². The van der Waals surface area contributed by atoms with E-state index in [4.69, 9.17) is 14.5 Å². The molecule has 6 nitrogen and oxygen atoms in total. The predicted octanol–water partition coefficient (Wildman–Crippen LogP) is 4.97. The molecule has 1 fully saturated rings. The molecule has 1 aliphatic carbocycles. The van der Waals surface area contributed by atoms with Gasteiger partial charge in [-0.15, -0.1) is 0 Å². The molecule has 2 N–H and O–H groups in total. The van der Waals surface area contributed by atoms with E-state index in [0.29, 0.717) is 30.6 Å². The average molecular weight is 345 g/mol. The van der Waals surface area contributed by atoms with Crippen LogP contribution in [0.25, 0.3) is 11.0 Å². The van der Waals surface area contributed by atoms with E-state index in [2.05, 4.69) is 10.3 Å². The first-order valence-electron chi connectivity index (χ1n) is 9.31. The molecular weight excluding hydrogens is 318 g/mol. The molecule has 0 atom stereocenters. The molecule has 2 aromatic rings. The molecule has 136 valence electrons. The summed E-state index contributed by atoms with van der Waals surface area (Å²) >= 11 is 0. The van der Waals surface area contributed by atoms with E-state index in [-0.39, 0.29) is 0 Å². The summed E-state index contributed by atoms with van der Waals surface area (Å²) in [6, 6.07) is 3.77. The van der Waals surface area contributed by atoms with Gasteiger partial charge in [-0.3, -0.25) is 5.32 Å². The van der Waals surface area contributed by atoms with E-state index >= 15 is 0 Å². The van der Waals surface area contributed by atoms with Gasteiger partial charge in [0.05, 0.1) is 29.9 Å². The van der Waals surface area contributed by atoms with Crippen LogP contribution in [-0.2, 0) is 4.74 Å². The summed E-state index contributed by atoms with van der Waals surface area (Å²) in [6.45, 7) is 4.79. The maximum Gasteiger partial charge on any atom is 0.411 e. The number of amides is 1. The first-order chi connectivity index (χ1) is 12.2. The highest BCUT2D eigenvalue weighted by Crippen LogP contribution is 2.34. The molecule has 0 saturated heterocycles. The number of aromatic nitrogens is 2. The smallest absolute Gasteiger partial charge is 0.411 e. The highest BCUT2D eigenvalue weighted by Gasteiger charge is 2.20. The normalized spacial score (nSPS) is 15.3. The van der Waals surface area contributed by atoms with Crippen LogP contribution in [0.3, 0.4) is 0 Å². The van der Waals surface area contributed by atoms with Crippen molar-refractivity contribution in [3.8, 4) is 5.75 Å². The van der Waals surface area contributed by atoms with Gasteiger partial charge in [0.2, 0.25) is 0 Å². The van der Waals surface area contributed by atoms with Crippen molar-refractivity contribution in [3.05, 3.63) is 18.0 Å². The van der Waals surface area contributed by atoms with Gasteiger partial charge < -0.3 is 14.5 Å². The lowest BCUT2D eigenvalue weighted by molar-refractivity contribution is 0.161. The summed E-state index contributed by atoms with van der Waals surface area (Å²) < 4.78 is 10.8. The predicted molar refractivity (Wildman–Crippen MR) is 98.4 cm³/mol. The molecule has 1 aromatic heterocycles. The van der Waals surface area contributed by atoms with E-state index in [1.165, 1.54) is 32.1 Å². The second-order valence-electron chi connectivity index (χ2n) is 6.52. The number of rotatable bonds is 6. The molecule has 6 heteroatoms. The lowest BCUT2D eigenvalue weighted by atomic mass is 9.89. The zero-order valence-electron chi connectivity index (χ0n) is 15.1. The minimum Gasteiger partial charge on any atom is -0.492 e. The van der Waals surface area contributed by atoms with Crippen molar-refractivity contribution in [1.29, 1.82) is 0 Å². The lowest BCUT2D eigenvalue weighted by Crippen LogP contribution is -2.15. The minimum atomic E-state index is -0.464. The van der Waals surface area contributed by atoms with Crippen LogP contribution in [-0.4, -0.2) is 29.3 Å². The Labute approximate surface area is 148 Å². The van der Waals surface area contributed by atoms with Crippen LogP contribution in [0.2, 0.25) is 0 Å². The van der Waals surface area contributed by atoms with E-state index in [9.17, 15) is 4.79 Å². The zero-order chi connectivity index (χ0) is 17.6. The van der Waals surface area contributed by atoms with Gasteiger partial charge in [-0.05, 0) is 32.3 Å². The topological polar surface area (TPSA) is 76.2 Å². The van der Waals surface area contributed by atoms with Crippen LogP contribution in [0.15, 0.2) is 12.1 Å². The second-order valence-corrected chi connectivity index (χ2v) is 6.52. The summed E-state index contributed by atoms with van der Waals surface area (Å²) in [6.07, 6.45) is 6.55. The zero-order valence-corrected chi connectivity index (χ0v) is 15.1. The van der Waals surface area contributed by atoms with Crippen molar-refractivity contribution >= 4 is 22.8 Å². The Morgan fingerprint density at radius 1 is 1.28 bits per heavy atom. The number of nitrogens with one attached hydrogen (secondary N) is 2. The van der Waals surface area contributed by atoms with Crippen molar-refractivity contribution < 1.29 is 14.3 Å². The molecule has 1 saturated carbocycles. The quantitative estimate of drug-likeness (QED) is 0.775. The molecule has 3 rings (SSSR count). The van der Waals surface area contributed by atoms with Gasteiger partial charge in [-0.2, -0.15) is 0 Å². The number of ether oxygens (including phenoxy) is 2. The summed E-state index contributed by atoms with van der Waals surface area (Å²) in [4.78, 5) is 20.1. The monoisotopic (exact) mass is 345 g/mol. The van der Waals surface area contributed by atoms with Crippen LogP contribution in [0.4, 0.5) is 10.5 Å². The number of nitrogens with zero attached hydrogens (tertiary/aromatic N) is 1. The Bertz CT molecular complexity index is 720. The molecule has 0 radical (unpaired) electrons. The molecule has 1 amide bonds. The number of hydrogen-bond acceptors (Lipinski definition) is 4. The summed E-state index contributed by atoms with van der Waals surface area (Å²) in [5, 5.41) is 2.78. The Hall–Kier alpha value is -2.24. The Morgan fingerprint density at radius 3 is 2.80 bits per heavy atom. The van der Waals surface area contributed by atoms with Gasteiger partial charge in [0.25, 0.3) is 0 Å². The standard InChI is InChI=1S/C19H27N3O3/c1-3-10-25-19(23)22-16-11-14-15(12-17(16)24-4-2)21-18(20-14)13-8-6-5-7-9-13/h11-13H,3-10H2,1-2H3,(H,20,21)(H,22,23). The highest BCUT2D eigenvalue weighted by atomic mass is 16.5. The second kappa shape index (κ2) is 8.23. The number of aromatic amines is 1. The molecule has 1 heterocycles. The van der Waals surface area contributed by atoms with Crippen LogP contribution in [0.5, 0.6) is 5.75 Å². The molecule has 1 aromatic carbocycles. The fourth-order valence-corrected chi connectivity index (χ4v) is 3.34. The third-order valence-corrected chi connectivity index (χ3v) is 4.57. The highest BCUT2D eigenvalue weighted by molar-refractivity contribution is 5.92. The molecule has 25 heavy (non-hydrogen) atoms. The third-order valence-electron chi connectivity index (χ3n) is 4.57. The molecule has 1 aliphatic rings. The SMILES string of the molecule is CCCOC(=O)Nc1cc2[nH]c(C3CCCCC3)nc2cc1OCC. The first-order valence-corrected chi connectivity index (χ1v) is 9.31. The Balaban J connectivity index is 1.86. The maximum atomic E-state index is 11.9. The van der Waals surface area contributed by atoms with Gasteiger partial charge in [0, 0.05) is 12.0 Å². The van der Waals surface area contributed by atoms with Crippen molar-refractivity contribution in [2.45, 2.75) is 58.3 Å².